The second kappa shape index (κ2) is 57.4. The van der Waals surface area contributed by atoms with Crippen molar-refractivity contribution < 1.29 is 28.6 Å². The van der Waals surface area contributed by atoms with Gasteiger partial charge in [0.15, 0.2) is 6.10 Å². The minimum absolute atomic E-state index is 0.0714. The quantitative estimate of drug-likeness (QED) is 0.0262. The van der Waals surface area contributed by atoms with E-state index in [1.54, 1.807) is 0 Å². The molecule has 0 saturated carbocycles. The number of hydrogen-bond acceptors (Lipinski definition) is 6. The molecular formula is C63H110O6. The second-order valence-corrected chi connectivity index (χ2v) is 19.5. The zero-order valence-corrected chi connectivity index (χ0v) is 45.6. The molecule has 0 spiro atoms. The second-order valence-electron chi connectivity index (χ2n) is 19.5. The predicted octanol–water partition coefficient (Wildman–Crippen LogP) is 19.8. The van der Waals surface area contributed by atoms with Crippen LogP contribution >= 0.6 is 0 Å². The number of unbranched alkanes of at least 4 members (excludes halogenated alkanes) is 30. The molecule has 0 bridgehead atoms. The van der Waals surface area contributed by atoms with Crippen LogP contribution in [0.1, 0.15) is 290 Å². The van der Waals surface area contributed by atoms with Crippen molar-refractivity contribution in [2.45, 2.75) is 297 Å². The van der Waals surface area contributed by atoms with Gasteiger partial charge in [-0.15, -0.1) is 0 Å². The maximum Gasteiger partial charge on any atom is 0.306 e. The molecule has 0 aromatic rings. The number of ether oxygens (including phenoxy) is 3. The fraction of sp³-hybridized carbons (Fsp3) is 0.762. The monoisotopic (exact) mass is 963 g/mol. The van der Waals surface area contributed by atoms with Gasteiger partial charge in [-0.3, -0.25) is 14.4 Å². The van der Waals surface area contributed by atoms with Crippen molar-refractivity contribution in [2.75, 3.05) is 13.2 Å². The average Bonchev–Trinajstić information content (AvgIpc) is 3.35. The lowest BCUT2D eigenvalue weighted by Crippen LogP contribution is -2.30. The Morgan fingerprint density at radius 2 is 0.565 bits per heavy atom. The first-order valence-corrected chi connectivity index (χ1v) is 29.4. The fourth-order valence-electron chi connectivity index (χ4n) is 8.33. The summed E-state index contributed by atoms with van der Waals surface area (Å²) in [6.07, 6.45) is 73.8. The van der Waals surface area contributed by atoms with Gasteiger partial charge >= 0.3 is 17.9 Å². The smallest absolute Gasteiger partial charge is 0.306 e. The summed E-state index contributed by atoms with van der Waals surface area (Å²) in [5.74, 6) is -0.876. The van der Waals surface area contributed by atoms with Gasteiger partial charge in [-0.25, -0.2) is 0 Å². The first kappa shape index (κ1) is 65.8. The normalized spacial score (nSPS) is 12.6. The highest BCUT2D eigenvalue weighted by Crippen LogP contribution is 2.16. The Balaban J connectivity index is 3.94. The van der Waals surface area contributed by atoms with Crippen LogP contribution in [-0.4, -0.2) is 37.2 Å². The third kappa shape index (κ3) is 55.6. The van der Waals surface area contributed by atoms with Crippen LogP contribution < -0.4 is 0 Å². The lowest BCUT2D eigenvalue weighted by atomic mass is 10.0. The van der Waals surface area contributed by atoms with Gasteiger partial charge in [-0.05, 0) is 70.6 Å². The molecule has 1 atom stereocenters. The van der Waals surface area contributed by atoms with Crippen molar-refractivity contribution in [2.24, 2.45) is 0 Å². The van der Waals surface area contributed by atoms with E-state index in [0.29, 0.717) is 19.3 Å². The van der Waals surface area contributed by atoms with E-state index in [2.05, 4.69) is 93.7 Å². The van der Waals surface area contributed by atoms with Crippen LogP contribution in [-0.2, 0) is 28.6 Å². The van der Waals surface area contributed by atoms with Gasteiger partial charge in [0.2, 0.25) is 0 Å². The topological polar surface area (TPSA) is 78.9 Å². The lowest BCUT2D eigenvalue weighted by Gasteiger charge is -2.18. The van der Waals surface area contributed by atoms with Crippen molar-refractivity contribution in [3.8, 4) is 0 Å². The molecule has 0 aromatic carbocycles. The number of allylic oxidation sites excluding steroid dienone is 12. The molecule has 6 heteroatoms. The third-order valence-corrected chi connectivity index (χ3v) is 12.7. The van der Waals surface area contributed by atoms with Crippen LogP contribution in [0.25, 0.3) is 0 Å². The van der Waals surface area contributed by atoms with Crippen LogP contribution in [0.15, 0.2) is 72.9 Å². The maximum atomic E-state index is 12.7. The summed E-state index contributed by atoms with van der Waals surface area (Å²) in [5, 5.41) is 0. The summed E-state index contributed by atoms with van der Waals surface area (Å²) in [4.78, 5) is 37.7. The summed E-state index contributed by atoms with van der Waals surface area (Å²) in [6, 6.07) is 0. The molecule has 0 aliphatic heterocycles. The minimum Gasteiger partial charge on any atom is -0.462 e. The molecule has 0 aromatic heterocycles. The molecule has 0 saturated heterocycles. The molecule has 0 aliphatic carbocycles. The Hall–Kier alpha value is -3.15. The molecule has 6 nitrogen and oxygen atoms in total. The molecule has 0 aliphatic rings. The van der Waals surface area contributed by atoms with E-state index in [1.807, 2.05) is 0 Å². The van der Waals surface area contributed by atoms with E-state index in [4.69, 9.17) is 14.2 Å². The summed E-state index contributed by atoms with van der Waals surface area (Å²) in [5.41, 5.74) is 0. The van der Waals surface area contributed by atoms with Crippen molar-refractivity contribution in [3.63, 3.8) is 0 Å². The largest absolute Gasteiger partial charge is 0.462 e. The number of carbonyl (C=O) groups excluding carboxylic acids is 3. The van der Waals surface area contributed by atoms with Gasteiger partial charge in [-0.1, -0.05) is 273 Å². The summed E-state index contributed by atoms with van der Waals surface area (Å²) < 4.78 is 16.7. The number of carbonyl (C=O) groups is 3. The fourth-order valence-corrected chi connectivity index (χ4v) is 8.33. The van der Waals surface area contributed by atoms with E-state index < -0.39 is 6.10 Å². The van der Waals surface area contributed by atoms with Crippen LogP contribution in [0.2, 0.25) is 0 Å². The molecular weight excluding hydrogens is 853 g/mol. The lowest BCUT2D eigenvalue weighted by molar-refractivity contribution is -0.167. The number of rotatable bonds is 53. The Labute approximate surface area is 427 Å². The van der Waals surface area contributed by atoms with Crippen LogP contribution in [0.5, 0.6) is 0 Å². The van der Waals surface area contributed by atoms with Gasteiger partial charge in [0, 0.05) is 19.3 Å². The van der Waals surface area contributed by atoms with E-state index in [1.165, 1.54) is 148 Å². The predicted molar refractivity (Wildman–Crippen MR) is 298 cm³/mol. The van der Waals surface area contributed by atoms with Crippen LogP contribution in [0, 0.1) is 0 Å². The molecule has 0 radical (unpaired) electrons. The Morgan fingerprint density at radius 1 is 0.304 bits per heavy atom. The van der Waals surface area contributed by atoms with E-state index in [0.717, 1.165) is 103 Å². The highest BCUT2D eigenvalue weighted by Gasteiger charge is 2.19. The standard InChI is InChI=1S/C63H110O6/c1-4-7-10-13-15-17-19-21-22-23-24-25-26-27-28-29-30-31-32-33-34-35-36-37-38-39-40-42-43-45-47-50-53-56-62(65)68-59-60(58-67-61(64)55-52-49-12-9-6-3)69-63(66)57-54-51-48-46-44-41-20-18-16-14-11-8-5-2/h7,10,15,17,21-22,24-25,27-28,30-31,60H,4-6,8-9,11-14,16,18-20,23,26,29,32-59H2,1-3H3/b10-7-,17-15-,22-21-,25-24-,28-27-,31-30-. The SMILES string of the molecule is CC/C=C\C/C=C\C/C=C\C/C=C\C/C=C\C/C=C\CCCCCCCCCCCCCCCCC(=O)OCC(COC(=O)CCCCCCC)OC(=O)CCCCCCCCCCCCCCC. The van der Waals surface area contributed by atoms with E-state index in [-0.39, 0.29) is 31.1 Å². The van der Waals surface area contributed by atoms with Crippen molar-refractivity contribution in [3.05, 3.63) is 72.9 Å². The van der Waals surface area contributed by atoms with Gasteiger partial charge < -0.3 is 14.2 Å². The molecule has 398 valence electrons. The minimum atomic E-state index is -0.767. The van der Waals surface area contributed by atoms with Gasteiger partial charge in [0.1, 0.15) is 13.2 Å². The first-order chi connectivity index (χ1) is 34.0. The molecule has 0 fully saturated rings. The van der Waals surface area contributed by atoms with Crippen LogP contribution in [0.3, 0.4) is 0 Å². The number of esters is 3. The van der Waals surface area contributed by atoms with E-state index in [9.17, 15) is 14.4 Å². The van der Waals surface area contributed by atoms with Crippen molar-refractivity contribution in [1.29, 1.82) is 0 Å². The van der Waals surface area contributed by atoms with Gasteiger partial charge in [0.05, 0.1) is 0 Å². The van der Waals surface area contributed by atoms with Crippen molar-refractivity contribution >= 4 is 17.9 Å². The highest BCUT2D eigenvalue weighted by atomic mass is 16.6. The van der Waals surface area contributed by atoms with Gasteiger partial charge in [0.25, 0.3) is 0 Å². The summed E-state index contributed by atoms with van der Waals surface area (Å²) in [6.45, 7) is 6.46. The van der Waals surface area contributed by atoms with Crippen molar-refractivity contribution in [1.82, 2.24) is 0 Å². The Morgan fingerprint density at radius 3 is 0.884 bits per heavy atom. The molecule has 0 heterocycles. The average molecular weight is 964 g/mol. The molecule has 0 N–H and O–H groups in total. The Bertz CT molecular complexity index is 1290. The number of hydrogen-bond donors (Lipinski definition) is 0. The van der Waals surface area contributed by atoms with Gasteiger partial charge in [-0.2, -0.15) is 0 Å². The zero-order chi connectivity index (χ0) is 50.0. The first-order valence-electron chi connectivity index (χ1n) is 29.4. The highest BCUT2D eigenvalue weighted by molar-refractivity contribution is 5.71. The molecule has 0 amide bonds. The molecule has 1 unspecified atom stereocenters. The summed E-state index contributed by atoms with van der Waals surface area (Å²) >= 11 is 0. The molecule has 69 heavy (non-hydrogen) atoms. The summed E-state index contributed by atoms with van der Waals surface area (Å²) in [7, 11) is 0. The molecule has 0 rings (SSSR count). The van der Waals surface area contributed by atoms with Crippen LogP contribution in [0.4, 0.5) is 0 Å². The van der Waals surface area contributed by atoms with E-state index >= 15 is 0 Å². The zero-order valence-electron chi connectivity index (χ0n) is 45.6. The Kier molecular flexibility index (Phi) is 54.8. The maximum absolute atomic E-state index is 12.7. The third-order valence-electron chi connectivity index (χ3n) is 12.7.